The van der Waals surface area contributed by atoms with Crippen molar-refractivity contribution in [2.45, 2.75) is 34.8 Å². The second kappa shape index (κ2) is 3.61. The molecule has 0 aromatic carbocycles. The average Bonchev–Trinajstić information content (AvgIpc) is 2.53. The summed E-state index contributed by atoms with van der Waals surface area (Å²) in [6.07, 6.45) is 5.39. The Morgan fingerprint density at radius 2 is 2.43 bits per heavy atom. The Balaban J connectivity index is 2.15. The Bertz CT molecular complexity index is 293. The van der Waals surface area contributed by atoms with Crippen LogP contribution in [0.1, 0.15) is 19.3 Å². The molecule has 1 N–H and O–H groups in total. The van der Waals surface area contributed by atoms with E-state index in [0.717, 1.165) is 12.8 Å². The smallest absolute Gasteiger partial charge is 0.249 e. The predicted molar refractivity (Wildman–Crippen MR) is 60.2 cm³/mol. The molecule has 0 radical (unpaired) electrons. The molecule has 14 heavy (non-hydrogen) atoms. The molecule has 0 aliphatic carbocycles. The number of nitrogens with zero attached hydrogens (tertiary/aromatic N) is 1. The number of halogens is 2. The molecule has 0 aromatic heterocycles. The summed E-state index contributed by atoms with van der Waals surface area (Å²) in [5, 5.41) is 10.1. The fourth-order valence-electron chi connectivity index (χ4n) is 2.19. The molecule has 78 valence electrons. The number of hydrogen-bond acceptors (Lipinski definition) is 2. The molecular weight excluding hydrogens is 314 g/mol. The zero-order valence-corrected chi connectivity index (χ0v) is 10.7. The second-order valence-corrected chi connectivity index (χ2v) is 7.18. The van der Waals surface area contributed by atoms with Crippen LogP contribution in [0.3, 0.4) is 0 Å². The van der Waals surface area contributed by atoms with Gasteiger partial charge in [-0.2, -0.15) is 0 Å². The summed E-state index contributed by atoms with van der Waals surface area (Å²) in [6.45, 7) is 0. The van der Waals surface area contributed by atoms with E-state index in [9.17, 15) is 9.90 Å². The fourth-order valence-corrected chi connectivity index (χ4v) is 3.06. The summed E-state index contributed by atoms with van der Waals surface area (Å²) < 4.78 is 0.191. The lowest BCUT2D eigenvalue weighted by Crippen LogP contribution is -2.45. The Morgan fingerprint density at radius 1 is 1.71 bits per heavy atom. The van der Waals surface area contributed by atoms with Gasteiger partial charge in [0, 0.05) is 18.5 Å². The molecule has 1 fully saturated rings. The predicted octanol–water partition coefficient (Wildman–Crippen LogP) is 1.74. The molecule has 0 spiro atoms. The highest BCUT2D eigenvalue weighted by Gasteiger charge is 2.48. The molecule has 2 aliphatic rings. The van der Waals surface area contributed by atoms with E-state index in [1.165, 1.54) is 6.08 Å². The van der Waals surface area contributed by atoms with E-state index >= 15 is 0 Å². The van der Waals surface area contributed by atoms with Crippen molar-refractivity contribution < 1.29 is 9.90 Å². The third kappa shape index (κ3) is 1.66. The van der Waals surface area contributed by atoms with Crippen LogP contribution in [0.2, 0.25) is 0 Å². The molecule has 1 amide bonds. The van der Waals surface area contributed by atoms with Crippen molar-refractivity contribution in [3.8, 4) is 0 Å². The van der Waals surface area contributed by atoms with E-state index in [4.69, 9.17) is 0 Å². The van der Waals surface area contributed by atoms with Gasteiger partial charge in [-0.3, -0.25) is 4.79 Å². The van der Waals surface area contributed by atoms with Crippen molar-refractivity contribution in [2.75, 3.05) is 0 Å². The van der Waals surface area contributed by atoms with Crippen LogP contribution < -0.4 is 0 Å². The van der Waals surface area contributed by atoms with Crippen molar-refractivity contribution in [3.05, 3.63) is 12.2 Å². The first kappa shape index (κ1) is 10.6. The standard InChI is InChI=1S/C9H11Br2NO2/c10-7(11)5-6-1-3-9(14)4-2-8(13)12(6)9/h2,4,6-7,14H,1,3,5H2/t6-,9+/m1/s1. The Labute approximate surface area is 99.4 Å². The minimum absolute atomic E-state index is 0.0735. The molecular formula is C9H11Br2NO2. The van der Waals surface area contributed by atoms with Gasteiger partial charge < -0.3 is 10.0 Å². The minimum Gasteiger partial charge on any atom is -0.367 e. The number of fused-ring (bicyclic) bond motifs is 1. The largest absolute Gasteiger partial charge is 0.367 e. The third-order valence-corrected chi connectivity index (χ3v) is 3.56. The van der Waals surface area contributed by atoms with Crippen molar-refractivity contribution in [2.24, 2.45) is 0 Å². The molecule has 2 heterocycles. The van der Waals surface area contributed by atoms with Crippen LogP contribution in [-0.2, 0) is 4.79 Å². The molecule has 5 heteroatoms. The van der Waals surface area contributed by atoms with Crippen molar-refractivity contribution >= 4 is 37.8 Å². The number of amides is 1. The highest BCUT2D eigenvalue weighted by Crippen LogP contribution is 2.39. The van der Waals surface area contributed by atoms with Gasteiger partial charge in [0.25, 0.3) is 0 Å². The lowest BCUT2D eigenvalue weighted by Gasteiger charge is -2.30. The van der Waals surface area contributed by atoms with E-state index in [-0.39, 0.29) is 15.7 Å². The van der Waals surface area contributed by atoms with Gasteiger partial charge in [0.15, 0.2) is 5.72 Å². The Hall–Kier alpha value is 0.130. The lowest BCUT2D eigenvalue weighted by molar-refractivity contribution is -0.139. The van der Waals surface area contributed by atoms with E-state index in [2.05, 4.69) is 31.9 Å². The van der Waals surface area contributed by atoms with Gasteiger partial charge in [-0.15, -0.1) is 0 Å². The zero-order valence-electron chi connectivity index (χ0n) is 7.49. The zero-order chi connectivity index (χ0) is 10.3. The Kier molecular flexibility index (Phi) is 2.74. The minimum atomic E-state index is -1.00. The van der Waals surface area contributed by atoms with Gasteiger partial charge in [0.1, 0.15) is 0 Å². The first-order chi connectivity index (χ1) is 6.53. The maximum absolute atomic E-state index is 11.5. The topological polar surface area (TPSA) is 40.5 Å². The molecule has 2 aliphatic heterocycles. The molecule has 0 bridgehead atoms. The van der Waals surface area contributed by atoms with Crippen LogP contribution in [0.25, 0.3) is 0 Å². The average molecular weight is 325 g/mol. The van der Waals surface area contributed by atoms with Gasteiger partial charge in [-0.1, -0.05) is 31.9 Å². The molecule has 0 saturated carbocycles. The van der Waals surface area contributed by atoms with Gasteiger partial charge in [-0.25, -0.2) is 0 Å². The number of carbonyl (C=O) groups excluding carboxylic acids is 1. The van der Waals surface area contributed by atoms with Crippen molar-refractivity contribution in [3.63, 3.8) is 0 Å². The fraction of sp³-hybridized carbons (Fsp3) is 0.667. The monoisotopic (exact) mass is 323 g/mol. The normalized spacial score (nSPS) is 35.9. The molecule has 3 nitrogen and oxygen atoms in total. The van der Waals surface area contributed by atoms with Gasteiger partial charge in [0.2, 0.25) is 5.91 Å². The summed E-state index contributed by atoms with van der Waals surface area (Å²) in [7, 11) is 0. The maximum Gasteiger partial charge on any atom is 0.249 e. The number of hydrogen-bond donors (Lipinski definition) is 1. The van der Waals surface area contributed by atoms with Crippen LogP contribution in [0.15, 0.2) is 12.2 Å². The third-order valence-electron chi connectivity index (χ3n) is 2.81. The molecule has 2 atom stereocenters. The van der Waals surface area contributed by atoms with Gasteiger partial charge >= 0.3 is 0 Å². The van der Waals surface area contributed by atoms with Crippen molar-refractivity contribution in [1.82, 2.24) is 4.90 Å². The maximum atomic E-state index is 11.5. The summed E-state index contributed by atoms with van der Waals surface area (Å²) in [4.78, 5) is 13.1. The molecule has 0 aromatic rings. The van der Waals surface area contributed by atoms with Crippen molar-refractivity contribution in [1.29, 1.82) is 0 Å². The van der Waals surface area contributed by atoms with Crippen LogP contribution in [0, 0.1) is 0 Å². The second-order valence-electron chi connectivity index (χ2n) is 3.74. The van der Waals surface area contributed by atoms with Gasteiger partial charge in [0.05, 0.1) is 3.74 Å². The van der Waals surface area contributed by atoms with Crippen LogP contribution in [0.4, 0.5) is 0 Å². The lowest BCUT2D eigenvalue weighted by atomic mass is 10.1. The van der Waals surface area contributed by atoms with E-state index in [1.807, 2.05) is 0 Å². The highest BCUT2D eigenvalue weighted by atomic mass is 79.9. The van der Waals surface area contributed by atoms with Gasteiger partial charge in [-0.05, 0) is 18.9 Å². The summed E-state index contributed by atoms with van der Waals surface area (Å²) in [5.41, 5.74) is -1.00. The van der Waals surface area contributed by atoms with Crippen LogP contribution in [-0.4, -0.2) is 31.4 Å². The first-order valence-corrected chi connectivity index (χ1v) is 6.39. The van der Waals surface area contributed by atoms with E-state index in [0.29, 0.717) is 6.42 Å². The SMILES string of the molecule is O=C1C=C[C@@]2(O)CC[C@H](CC(Br)Br)N12. The molecule has 1 saturated heterocycles. The van der Waals surface area contributed by atoms with E-state index in [1.54, 1.807) is 11.0 Å². The number of aliphatic hydroxyl groups is 1. The molecule has 0 unspecified atom stereocenters. The van der Waals surface area contributed by atoms with Crippen LogP contribution in [0.5, 0.6) is 0 Å². The molecule has 2 rings (SSSR count). The number of alkyl halides is 2. The summed E-state index contributed by atoms with van der Waals surface area (Å²) in [6, 6.07) is 0.131. The number of carbonyl (C=O) groups is 1. The first-order valence-electron chi connectivity index (χ1n) is 4.56. The summed E-state index contributed by atoms with van der Waals surface area (Å²) >= 11 is 6.79. The van der Waals surface area contributed by atoms with Crippen LogP contribution >= 0.6 is 31.9 Å². The Morgan fingerprint density at radius 3 is 3.07 bits per heavy atom. The van der Waals surface area contributed by atoms with E-state index < -0.39 is 5.72 Å². The highest BCUT2D eigenvalue weighted by molar-refractivity contribution is 9.24. The number of rotatable bonds is 2. The summed E-state index contributed by atoms with van der Waals surface area (Å²) in [5.74, 6) is -0.0735. The quantitative estimate of drug-likeness (QED) is 0.786.